The van der Waals surface area contributed by atoms with Crippen LogP contribution in [0.25, 0.3) is 10.9 Å². The van der Waals surface area contributed by atoms with Gasteiger partial charge in [0.2, 0.25) is 0 Å². The third-order valence-corrected chi connectivity index (χ3v) is 4.95. The summed E-state index contributed by atoms with van der Waals surface area (Å²) >= 11 is 0. The molecule has 3 heteroatoms. The number of aryl methyl sites for hydroxylation is 1. The normalized spacial score (nSPS) is 26.3. The molecule has 1 fully saturated rings. The molecular formula is C18H26N2O. The molecule has 2 N–H and O–H groups in total. The second-order valence-electron chi connectivity index (χ2n) is 6.79. The lowest BCUT2D eigenvalue weighted by molar-refractivity contribution is -0.00628. The fourth-order valence-electron chi connectivity index (χ4n) is 3.47. The van der Waals surface area contributed by atoms with E-state index in [9.17, 15) is 5.11 Å². The summed E-state index contributed by atoms with van der Waals surface area (Å²) in [6.07, 6.45) is 6.33. The average Bonchev–Trinajstić information content (AvgIpc) is 2.80. The summed E-state index contributed by atoms with van der Waals surface area (Å²) in [5, 5.41) is 15.4. The zero-order valence-corrected chi connectivity index (χ0v) is 13.1. The van der Waals surface area contributed by atoms with Crippen LogP contribution in [0.4, 0.5) is 0 Å². The summed E-state index contributed by atoms with van der Waals surface area (Å²) in [6.45, 7) is 3.80. The molecule has 114 valence electrons. The third-order valence-electron chi connectivity index (χ3n) is 4.95. The van der Waals surface area contributed by atoms with Crippen LogP contribution in [0.3, 0.4) is 0 Å². The number of hydrogen-bond donors (Lipinski definition) is 2. The predicted octanol–water partition coefficient (Wildman–Crippen LogP) is 3.21. The molecule has 0 atom stereocenters. The second kappa shape index (κ2) is 5.82. The number of aliphatic hydroxyl groups is 1. The van der Waals surface area contributed by atoms with E-state index in [2.05, 4.69) is 54.3 Å². The molecule has 3 nitrogen and oxygen atoms in total. The Labute approximate surface area is 127 Å². The number of fused-ring (bicyclic) bond motifs is 1. The Balaban J connectivity index is 1.62. The smallest absolute Gasteiger partial charge is 0.0771 e. The van der Waals surface area contributed by atoms with Crippen LogP contribution in [0, 0.1) is 5.92 Å². The Morgan fingerprint density at radius 2 is 2.00 bits per heavy atom. The number of para-hydroxylation sites is 1. The number of rotatable bonds is 4. The van der Waals surface area contributed by atoms with Crippen LogP contribution in [0.15, 0.2) is 30.5 Å². The maximum atomic E-state index is 10.6. The van der Waals surface area contributed by atoms with E-state index in [0.717, 1.165) is 38.1 Å². The van der Waals surface area contributed by atoms with Crippen LogP contribution < -0.4 is 5.32 Å². The number of hydrogen-bond acceptors (Lipinski definition) is 2. The van der Waals surface area contributed by atoms with Crippen molar-refractivity contribution in [2.75, 3.05) is 6.54 Å². The molecule has 0 bridgehead atoms. The van der Waals surface area contributed by atoms with Crippen molar-refractivity contribution >= 4 is 10.9 Å². The standard InChI is InChI=1S/C18H26N2O/c1-14-7-9-18(21,10-8-14)13-19-11-15-12-20(2)17-6-4-3-5-16(15)17/h3-6,12,14,19,21H,7-11,13H2,1-2H3. The zero-order valence-electron chi connectivity index (χ0n) is 13.1. The van der Waals surface area contributed by atoms with Crippen molar-refractivity contribution in [3.63, 3.8) is 0 Å². The molecule has 1 aliphatic carbocycles. The van der Waals surface area contributed by atoms with E-state index in [1.54, 1.807) is 0 Å². The van der Waals surface area contributed by atoms with Crippen LogP contribution in [0.5, 0.6) is 0 Å². The quantitative estimate of drug-likeness (QED) is 0.905. The summed E-state index contributed by atoms with van der Waals surface area (Å²) in [4.78, 5) is 0. The number of nitrogens with zero attached hydrogens (tertiary/aromatic N) is 1. The molecule has 0 unspecified atom stereocenters. The van der Waals surface area contributed by atoms with Crippen molar-refractivity contribution < 1.29 is 5.11 Å². The molecule has 2 aromatic rings. The third kappa shape index (κ3) is 3.14. The Bertz CT molecular complexity index is 609. The molecule has 0 amide bonds. The highest BCUT2D eigenvalue weighted by atomic mass is 16.3. The highest BCUT2D eigenvalue weighted by molar-refractivity contribution is 5.83. The lowest BCUT2D eigenvalue weighted by Gasteiger charge is -2.35. The van der Waals surface area contributed by atoms with Crippen LogP contribution in [0.1, 0.15) is 38.2 Å². The van der Waals surface area contributed by atoms with Gasteiger partial charge in [-0.05, 0) is 43.2 Å². The van der Waals surface area contributed by atoms with E-state index in [1.165, 1.54) is 16.5 Å². The van der Waals surface area contributed by atoms with Gasteiger partial charge in [0.25, 0.3) is 0 Å². The van der Waals surface area contributed by atoms with E-state index in [4.69, 9.17) is 0 Å². The molecule has 0 aliphatic heterocycles. The summed E-state index contributed by atoms with van der Waals surface area (Å²) in [5.74, 6) is 0.767. The summed E-state index contributed by atoms with van der Waals surface area (Å²) in [5.41, 5.74) is 2.07. The fraction of sp³-hybridized carbons (Fsp3) is 0.556. The molecular weight excluding hydrogens is 260 g/mol. The number of nitrogens with one attached hydrogen (secondary N) is 1. The lowest BCUT2D eigenvalue weighted by Crippen LogP contribution is -2.43. The van der Waals surface area contributed by atoms with Crippen LogP contribution in [-0.2, 0) is 13.6 Å². The highest BCUT2D eigenvalue weighted by Crippen LogP contribution is 2.31. The van der Waals surface area contributed by atoms with E-state index >= 15 is 0 Å². The van der Waals surface area contributed by atoms with Gasteiger partial charge in [0.15, 0.2) is 0 Å². The molecule has 0 radical (unpaired) electrons. The summed E-state index contributed by atoms with van der Waals surface area (Å²) in [6, 6.07) is 8.48. The summed E-state index contributed by atoms with van der Waals surface area (Å²) in [7, 11) is 2.09. The van der Waals surface area contributed by atoms with Gasteiger partial charge in [0, 0.05) is 37.2 Å². The van der Waals surface area contributed by atoms with Crippen LogP contribution in [-0.4, -0.2) is 21.8 Å². The first-order chi connectivity index (χ1) is 10.1. The average molecular weight is 286 g/mol. The Morgan fingerprint density at radius 1 is 1.29 bits per heavy atom. The van der Waals surface area contributed by atoms with Gasteiger partial charge < -0.3 is 15.0 Å². The second-order valence-corrected chi connectivity index (χ2v) is 6.79. The minimum absolute atomic E-state index is 0.503. The van der Waals surface area contributed by atoms with Crippen molar-refractivity contribution in [2.45, 2.75) is 44.8 Å². The van der Waals surface area contributed by atoms with E-state index in [0.29, 0.717) is 6.54 Å². The van der Waals surface area contributed by atoms with Crippen molar-refractivity contribution in [3.8, 4) is 0 Å². The first-order valence-electron chi connectivity index (χ1n) is 8.03. The SMILES string of the molecule is CC1CCC(O)(CNCc2cn(C)c3ccccc23)CC1. The molecule has 0 saturated heterocycles. The maximum absolute atomic E-state index is 10.6. The Kier molecular flexibility index (Phi) is 4.05. The van der Waals surface area contributed by atoms with Crippen molar-refractivity contribution in [1.29, 1.82) is 0 Å². The van der Waals surface area contributed by atoms with E-state index < -0.39 is 5.60 Å². The largest absolute Gasteiger partial charge is 0.389 e. The van der Waals surface area contributed by atoms with Gasteiger partial charge in [-0.25, -0.2) is 0 Å². The van der Waals surface area contributed by atoms with Gasteiger partial charge in [-0.15, -0.1) is 0 Å². The van der Waals surface area contributed by atoms with Crippen molar-refractivity contribution in [1.82, 2.24) is 9.88 Å². The first kappa shape index (κ1) is 14.6. The van der Waals surface area contributed by atoms with E-state index in [1.807, 2.05) is 0 Å². The van der Waals surface area contributed by atoms with E-state index in [-0.39, 0.29) is 0 Å². The maximum Gasteiger partial charge on any atom is 0.0771 e. The molecule has 1 aromatic carbocycles. The van der Waals surface area contributed by atoms with Gasteiger partial charge >= 0.3 is 0 Å². The van der Waals surface area contributed by atoms with Gasteiger partial charge in [-0.1, -0.05) is 25.1 Å². The molecule has 0 spiro atoms. The molecule has 1 heterocycles. The van der Waals surface area contributed by atoms with Crippen molar-refractivity contribution in [3.05, 3.63) is 36.0 Å². The van der Waals surface area contributed by atoms with Gasteiger partial charge in [-0.3, -0.25) is 0 Å². The Hall–Kier alpha value is -1.32. The van der Waals surface area contributed by atoms with Gasteiger partial charge in [0.1, 0.15) is 0 Å². The molecule has 1 aromatic heterocycles. The highest BCUT2D eigenvalue weighted by Gasteiger charge is 2.31. The molecule has 3 rings (SSSR count). The predicted molar refractivity (Wildman–Crippen MR) is 87.2 cm³/mol. The minimum atomic E-state index is -0.503. The summed E-state index contributed by atoms with van der Waals surface area (Å²) < 4.78 is 2.17. The molecule has 1 aliphatic rings. The number of benzene rings is 1. The lowest BCUT2D eigenvalue weighted by atomic mass is 9.79. The van der Waals surface area contributed by atoms with Crippen molar-refractivity contribution in [2.24, 2.45) is 13.0 Å². The number of aromatic nitrogens is 1. The van der Waals surface area contributed by atoms with Crippen LogP contribution >= 0.6 is 0 Å². The fourth-order valence-corrected chi connectivity index (χ4v) is 3.47. The zero-order chi connectivity index (χ0) is 14.9. The molecule has 1 saturated carbocycles. The minimum Gasteiger partial charge on any atom is -0.389 e. The van der Waals surface area contributed by atoms with Crippen LogP contribution in [0.2, 0.25) is 0 Å². The Morgan fingerprint density at radius 3 is 2.76 bits per heavy atom. The first-order valence-corrected chi connectivity index (χ1v) is 8.03. The monoisotopic (exact) mass is 286 g/mol. The van der Waals surface area contributed by atoms with Gasteiger partial charge in [0.05, 0.1) is 5.60 Å². The molecule has 21 heavy (non-hydrogen) atoms. The topological polar surface area (TPSA) is 37.2 Å². The van der Waals surface area contributed by atoms with Gasteiger partial charge in [-0.2, -0.15) is 0 Å².